The predicted molar refractivity (Wildman–Crippen MR) is 83.3 cm³/mol. The standard InChI is InChI=1S/C12H18IN3O.ClH/c1-14-6-9-3-2-4-16(8-9)12(17)11-5-10(13)7-15-11;/h5,7,9,14-15H,2-4,6,8H2,1H3;1H. The smallest absolute Gasteiger partial charge is 0.270 e. The van der Waals surface area contributed by atoms with Crippen molar-refractivity contribution in [3.63, 3.8) is 0 Å². The van der Waals surface area contributed by atoms with Crippen molar-refractivity contribution in [2.45, 2.75) is 12.8 Å². The van der Waals surface area contributed by atoms with Crippen molar-refractivity contribution >= 4 is 40.9 Å². The Morgan fingerprint density at radius 2 is 2.44 bits per heavy atom. The molecule has 1 aliphatic heterocycles. The van der Waals surface area contributed by atoms with Gasteiger partial charge in [0.15, 0.2) is 0 Å². The molecule has 0 bridgehead atoms. The summed E-state index contributed by atoms with van der Waals surface area (Å²) in [7, 11) is 1.97. The summed E-state index contributed by atoms with van der Waals surface area (Å²) in [6, 6.07) is 1.91. The summed E-state index contributed by atoms with van der Waals surface area (Å²) < 4.78 is 1.08. The lowest BCUT2D eigenvalue weighted by atomic mass is 9.98. The molecule has 18 heavy (non-hydrogen) atoms. The van der Waals surface area contributed by atoms with Gasteiger partial charge in [0.05, 0.1) is 0 Å². The summed E-state index contributed by atoms with van der Waals surface area (Å²) in [4.78, 5) is 17.2. The second kappa shape index (κ2) is 7.35. The SMILES string of the molecule is CNCC1CCCN(C(=O)c2cc(I)c[nH]2)C1.Cl. The molecule has 0 radical (unpaired) electrons. The van der Waals surface area contributed by atoms with Crippen molar-refractivity contribution in [2.24, 2.45) is 5.92 Å². The van der Waals surface area contributed by atoms with Gasteiger partial charge >= 0.3 is 0 Å². The Hall–Kier alpha value is -0.270. The average molecular weight is 384 g/mol. The molecule has 1 amide bonds. The van der Waals surface area contributed by atoms with Gasteiger partial charge in [-0.3, -0.25) is 4.79 Å². The molecule has 2 N–H and O–H groups in total. The van der Waals surface area contributed by atoms with Crippen LogP contribution < -0.4 is 5.32 Å². The Kier molecular flexibility index (Phi) is 6.45. The molecule has 6 heteroatoms. The van der Waals surface area contributed by atoms with Gasteiger partial charge in [0.2, 0.25) is 0 Å². The van der Waals surface area contributed by atoms with Crippen molar-refractivity contribution in [3.8, 4) is 0 Å². The quantitative estimate of drug-likeness (QED) is 0.786. The molecule has 1 aromatic rings. The molecule has 0 spiro atoms. The molecule has 4 nitrogen and oxygen atoms in total. The lowest BCUT2D eigenvalue weighted by molar-refractivity contribution is 0.0669. The van der Waals surface area contributed by atoms with Crippen molar-refractivity contribution in [1.82, 2.24) is 15.2 Å². The number of carbonyl (C=O) groups is 1. The van der Waals surface area contributed by atoms with Crippen LogP contribution in [0.5, 0.6) is 0 Å². The third-order valence-corrected chi connectivity index (χ3v) is 3.80. The zero-order valence-electron chi connectivity index (χ0n) is 10.4. The fourth-order valence-electron chi connectivity index (χ4n) is 2.37. The average Bonchev–Trinajstić information content (AvgIpc) is 2.76. The van der Waals surface area contributed by atoms with Gasteiger partial charge in [-0.1, -0.05) is 0 Å². The number of piperidine rings is 1. The molecular weight excluding hydrogens is 365 g/mol. The summed E-state index contributed by atoms with van der Waals surface area (Å²) in [6.45, 7) is 2.75. The summed E-state index contributed by atoms with van der Waals surface area (Å²) >= 11 is 2.21. The summed E-state index contributed by atoms with van der Waals surface area (Å²) in [5, 5.41) is 3.19. The topological polar surface area (TPSA) is 48.1 Å². The Labute approximate surface area is 127 Å². The van der Waals surface area contributed by atoms with Crippen molar-refractivity contribution in [3.05, 3.63) is 21.5 Å². The van der Waals surface area contributed by atoms with E-state index in [0.717, 1.165) is 29.6 Å². The Morgan fingerprint density at radius 3 is 3.06 bits per heavy atom. The zero-order chi connectivity index (χ0) is 12.3. The highest BCUT2D eigenvalue weighted by molar-refractivity contribution is 14.1. The molecule has 0 aliphatic carbocycles. The molecule has 1 fully saturated rings. The van der Waals surface area contributed by atoms with Gasteiger partial charge in [0.1, 0.15) is 5.69 Å². The molecule has 0 saturated carbocycles. The molecule has 1 saturated heterocycles. The first kappa shape index (κ1) is 15.8. The van der Waals surface area contributed by atoms with E-state index in [-0.39, 0.29) is 18.3 Å². The number of rotatable bonds is 3. The number of amides is 1. The second-order valence-corrected chi connectivity index (χ2v) is 5.79. The molecule has 2 rings (SSSR count). The highest BCUT2D eigenvalue weighted by Gasteiger charge is 2.24. The first-order valence-electron chi connectivity index (χ1n) is 5.98. The highest BCUT2D eigenvalue weighted by Crippen LogP contribution is 2.18. The monoisotopic (exact) mass is 383 g/mol. The van der Waals surface area contributed by atoms with Crippen LogP contribution in [-0.2, 0) is 0 Å². The summed E-state index contributed by atoms with van der Waals surface area (Å²) in [5.74, 6) is 0.723. The number of aromatic amines is 1. The van der Waals surface area contributed by atoms with Gasteiger partial charge in [-0.05, 0) is 61.0 Å². The zero-order valence-corrected chi connectivity index (χ0v) is 13.4. The van der Waals surface area contributed by atoms with Crippen molar-refractivity contribution in [2.75, 3.05) is 26.7 Å². The number of likely N-dealkylation sites (tertiary alicyclic amines) is 1. The second-order valence-electron chi connectivity index (χ2n) is 4.55. The minimum atomic E-state index is 0. The number of H-pyrrole nitrogens is 1. The van der Waals surface area contributed by atoms with E-state index in [4.69, 9.17) is 0 Å². The van der Waals surface area contributed by atoms with Crippen LogP contribution in [0.1, 0.15) is 23.3 Å². The van der Waals surface area contributed by atoms with Crippen molar-refractivity contribution in [1.29, 1.82) is 0 Å². The van der Waals surface area contributed by atoms with Crippen LogP contribution in [0.25, 0.3) is 0 Å². The van der Waals surface area contributed by atoms with Crippen LogP contribution in [0.4, 0.5) is 0 Å². The van der Waals surface area contributed by atoms with E-state index >= 15 is 0 Å². The van der Waals surface area contributed by atoms with Gasteiger partial charge in [-0.2, -0.15) is 0 Å². The number of nitrogens with zero attached hydrogens (tertiary/aromatic N) is 1. The van der Waals surface area contributed by atoms with E-state index in [1.165, 1.54) is 6.42 Å². The van der Waals surface area contributed by atoms with E-state index < -0.39 is 0 Å². The number of hydrogen-bond acceptors (Lipinski definition) is 2. The molecule has 0 aromatic carbocycles. The Bertz CT molecular complexity index is 394. The molecule has 1 atom stereocenters. The Morgan fingerprint density at radius 1 is 1.67 bits per heavy atom. The van der Waals surface area contributed by atoms with E-state index in [2.05, 4.69) is 32.9 Å². The number of aromatic nitrogens is 1. The third kappa shape index (κ3) is 3.86. The van der Waals surface area contributed by atoms with Crippen LogP contribution in [0.15, 0.2) is 12.3 Å². The van der Waals surface area contributed by atoms with E-state index in [1.54, 1.807) is 0 Å². The van der Waals surface area contributed by atoms with E-state index in [9.17, 15) is 4.79 Å². The molecular formula is C12H19ClIN3O. The largest absolute Gasteiger partial charge is 0.356 e. The maximum atomic E-state index is 12.2. The number of halogens is 2. The van der Waals surface area contributed by atoms with Gasteiger partial charge in [-0.25, -0.2) is 0 Å². The fourth-order valence-corrected chi connectivity index (χ4v) is 2.83. The lowest BCUT2D eigenvalue weighted by Crippen LogP contribution is -2.42. The molecule has 2 heterocycles. The number of nitrogens with one attached hydrogen (secondary N) is 2. The van der Waals surface area contributed by atoms with E-state index in [0.29, 0.717) is 11.6 Å². The first-order valence-corrected chi connectivity index (χ1v) is 7.06. The van der Waals surface area contributed by atoms with Crippen LogP contribution in [-0.4, -0.2) is 42.5 Å². The van der Waals surface area contributed by atoms with Gasteiger partial charge in [-0.15, -0.1) is 12.4 Å². The molecule has 1 aliphatic rings. The number of carbonyl (C=O) groups excluding carboxylic acids is 1. The van der Waals surface area contributed by atoms with Gasteiger partial charge in [0, 0.05) is 22.9 Å². The third-order valence-electron chi connectivity index (χ3n) is 3.18. The van der Waals surface area contributed by atoms with Crippen LogP contribution in [0, 0.1) is 9.49 Å². The molecule has 1 aromatic heterocycles. The maximum absolute atomic E-state index is 12.2. The van der Waals surface area contributed by atoms with Crippen molar-refractivity contribution < 1.29 is 4.79 Å². The lowest BCUT2D eigenvalue weighted by Gasteiger charge is -2.32. The predicted octanol–water partition coefficient (Wildman–Crippen LogP) is 2.11. The maximum Gasteiger partial charge on any atom is 0.270 e. The summed E-state index contributed by atoms with van der Waals surface area (Å²) in [5.41, 5.74) is 0.708. The minimum Gasteiger partial charge on any atom is -0.356 e. The fraction of sp³-hybridized carbons (Fsp3) is 0.583. The minimum absolute atomic E-state index is 0. The van der Waals surface area contributed by atoms with Crippen LogP contribution >= 0.6 is 35.0 Å². The van der Waals surface area contributed by atoms with Gasteiger partial charge < -0.3 is 15.2 Å². The summed E-state index contributed by atoms with van der Waals surface area (Å²) in [6.07, 6.45) is 4.19. The highest BCUT2D eigenvalue weighted by atomic mass is 127. The van der Waals surface area contributed by atoms with Gasteiger partial charge in [0.25, 0.3) is 5.91 Å². The number of hydrogen-bond donors (Lipinski definition) is 2. The normalized spacial score (nSPS) is 19.4. The van der Waals surface area contributed by atoms with E-state index in [1.807, 2.05) is 24.2 Å². The Balaban J connectivity index is 0.00000162. The van der Waals surface area contributed by atoms with Crippen LogP contribution in [0.3, 0.4) is 0 Å². The van der Waals surface area contributed by atoms with Crippen LogP contribution in [0.2, 0.25) is 0 Å². The first-order chi connectivity index (χ1) is 8.20. The molecule has 1 unspecified atom stereocenters. The molecule has 102 valence electrons.